The van der Waals surface area contributed by atoms with Crippen molar-refractivity contribution in [2.45, 2.75) is 45.3 Å². The lowest BCUT2D eigenvalue weighted by Crippen LogP contribution is -2.20. The summed E-state index contributed by atoms with van der Waals surface area (Å²) in [7, 11) is 0. The molecule has 1 atom stereocenters. The van der Waals surface area contributed by atoms with Crippen LogP contribution in [0.25, 0.3) is 22.8 Å². The average molecular weight is 348 g/mol. The molecule has 3 heterocycles. The Hall–Kier alpha value is -2.53. The summed E-state index contributed by atoms with van der Waals surface area (Å²) in [6, 6.07) is 8.17. The van der Waals surface area contributed by atoms with Gasteiger partial charge in [0, 0.05) is 43.5 Å². The Morgan fingerprint density at radius 3 is 2.73 bits per heavy atom. The highest BCUT2D eigenvalue weighted by molar-refractivity contribution is 5.61. The summed E-state index contributed by atoms with van der Waals surface area (Å²) in [4.78, 5) is 13.6. The van der Waals surface area contributed by atoms with Gasteiger partial charge in [0.2, 0.25) is 0 Å². The molecule has 0 aliphatic carbocycles. The van der Waals surface area contributed by atoms with Crippen molar-refractivity contribution in [3.8, 4) is 22.8 Å². The first kappa shape index (κ1) is 16.9. The number of aryl methyl sites for hydroxylation is 2. The van der Waals surface area contributed by atoms with Crippen LogP contribution in [-0.2, 0) is 11.3 Å². The van der Waals surface area contributed by atoms with Crippen LogP contribution in [0.1, 0.15) is 31.2 Å². The molecule has 1 aliphatic heterocycles. The van der Waals surface area contributed by atoms with Crippen LogP contribution in [0, 0.1) is 6.92 Å². The molecule has 1 saturated heterocycles. The van der Waals surface area contributed by atoms with E-state index < -0.39 is 0 Å². The summed E-state index contributed by atoms with van der Waals surface area (Å²) in [6.07, 6.45) is 12.6. The van der Waals surface area contributed by atoms with Crippen LogP contribution in [0.2, 0.25) is 0 Å². The topological polar surface area (TPSA) is 52.8 Å². The summed E-state index contributed by atoms with van der Waals surface area (Å²) in [5, 5.41) is 0. The number of rotatable bonds is 5. The van der Waals surface area contributed by atoms with Crippen molar-refractivity contribution >= 4 is 0 Å². The Morgan fingerprint density at radius 1 is 1.12 bits per heavy atom. The molecule has 2 aromatic heterocycles. The largest absolute Gasteiger partial charge is 0.378 e. The Balaban J connectivity index is 1.50. The molecule has 1 aliphatic rings. The number of ether oxygens (including phenoxy) is 1. The first-order chi connectivity index (χ1) is 12.8. The average Bonchev–Trinajstić information content (AvgIpc) is 3.16. The molecule has 0 N–H and O–H groups in total. The van der Waals surface area contributed by atoms with Crippen molar-refractivity contribution in [1.82, 2.24) is 19.5 Å². The van der Waals surface area contributed by atoms with Crippen LogP contribution in [-0.4, -0.2) is 32.2 Å². The Bertz CT molecular complexity index is 850. The van der Waals surface area contributed by atoms with Crippen LogP contribution in [0.5, 0.6) is 0 Å². The lowest BCUT2D eigenvalue weighted by atomic mass is 10.1. The molecular formula is C21H24N4O. The van der Waals surface area contributed by atoms with Crippen molar-refractivity contribution in [2.75, 3.05) is 6.61 Å². The first-order valence-electron chi connectivity index (χ1n) is 9.32. The van der Waals surface area contributed by atoms with Gasteiger partial charge in [-0.25, -0.2) is 15.0 Å². The lowest BCUT2D eigenvalue weighted by molar-refractivity contribution is 0.00887. The minimum absolute atomic E-state index is 0.374. The fourth-order valence-electron chi connectivity index (χ4n) is 3.47. The fourth-order valence-corrected chi connectivity index (χ4v) is 3.47. The van der Waals surface area contributed by atoms with E-state index in [4.69, 9.17) is 4.74 Å². The zero-order chi connectivity index (χ0) is 17.8. The van der Waals surface area contributed by atoms with E-state index in [1.807, 2.05) is 36.9 Å². The SMILES string of the molecule is Cc1ccccc1-c1ncc(-c2nccn2CC[C@@H]2CCCCO2)cn1. The van der Waals surface area contributed by atoms with Crippen molar-refractivity contribution in [1.29, 1.82) is 0 Å². The standard InChI is InChI=1S/C21H24N4O/c1-16-6-2-3-8-19(16)20-23-14-17(15-24-20)21-22-10-12-25(21)11-9-18-7-4-5-13-26-18/h2-3,6,8,10,12,14-15,18H,4-5,7,9,11,13H2,1H3/t18-/m0/s1. The molecule has 3 aromatic rings. The molecule has 5 heteroatoms. The number of hydrogen-bond acceptors (Lipinski definition) is 4. The summed E-state index contributed by atoms with van der Waals surface area (Å²) in [5.74, 6) is 1.66. The maximum atomic E-state index is 5.84. The van der Waals surface area contributed by atoms with Crippen LogP contribution >= 0.6 is 0 Å². The van der Waals surface area contributed by atoms with Crippen molar-refractivity contribution in [3.05, 3.63) is 54.6 Å². The summed E-state index contributed by atoms with van der Waals surface area (Å²) >= 11 is 0. The molecule has 0 unspecified atom stereocenters. The molecule has 1 fully saturated rings. The van der Waals surface area contributed by atoms with E-state index in [2.05, 4.69) is 38.6 Å². The third kappa shape index (κ3) is 3.68. The van der Waals surface area contributed by atoms with Gasteiger partial charge in [0.05, 0.1) is 11.7 Å². The maximum absolute atomic E-state index is 5.84. The Morgan fingerprint density at radius 2 is 1.96 bits per heavy atom. The second kappa shape index (κ2) is 7.79. The molecule has 134 valence electrons. The van der Waals surface area contributed by atoms with Gasteiger partial charge in [0.25, 0.3) is 0 Å². The Kier molecular flexibility index (Phi) is 5.07. The van der Waals surface area contributed by atoms with E-state index >= 15 is 0 Å². The third-order valence-electron chi connectivity index (χ3n) is 4.98. The highest BCUT2D eigenvalue weighted by Gasteiger charge is 2.15. The monoisotopic (exact) mass is 348 g/mol. The molecule has 0 amide bonds. The molecule has 0 saturated carbocycles. The molecule has 5 nitrogen and oxygen atoms in total. The number of imidazole rings is 1. The number of aromatic nitrogens is 4. The molecule has 0 radical (unpaired) electrons. The number of nitrogens with zero attached hydrogens (tertiary/aromatic N) is 4. The molecule has 26 heavy (non-hydrogen) atoms. The summed E-state index contributed by atoms with van der Waals surface area (Å²) < 4.78 is 8.01. The highest BCUT2D eigenvalue weighted by atomic mass is 16.5. The van der Waals surface area contributed by atoms with E-state index in [1.54, 1.807) is 0 Å². The van der Waals surface area contributed by atoms with Crippen molar-refractivity contribution in [3.63, 3.8) is 0 Å². The first-order valence-corrected chi connectivity index (χ1v) is 9.32. The quantitative estimate of drug-likeness (QED) is 0.691. The highest BCUT2D eigenvalue weighted by Crippen LogP contribution is 2.23. The maximum Gasteiger partial charge on any atom is 0.159 e. The van der Waals surface area contributed by atoms with Gasteiger partial charge in [-0.15, -0.1) is 0 Å². The summed E-state index contributed by atoms with van der Waals surface area (Å²) in [6.45, 7) is 3.88. The van der Waals surface area contributed by atoms with E-state index in [1.165, 1.54) is 18.4 Å². The lowest BCUT2D eigenvalue weighted by Gasteiger charge is -2.22. The van der Waals surface area contributed by atoms with Crippen LogP contribution in [0.15, 0.2) is 49.1 Å². The predicted octanol–water partition coefficient (Wildman–Crippen LogP) is 4.27. The van der Waals surface area contributed by atoms with Gasteiger partial charge in [-0.05, 0) is 38.2 Å². The van der Waals surface area contributed by atoms with Crippen LogP contribution in [0.4, 0.5) is 0 Å². The summed E-state index contributed by atoms with van der Waals surface area (Å²) in [5.41, 5.74) is 3.18. The second-order valence-corrected chi connectivity index (χ2v) is 6.83. The van der Waals surface area contributed by atoms with E-state index in [0.717, 1.165) is 48.8 Å². The van der Waals surface area contributed by atoms with Gasteiger partial charge in [-0.1, -0.05) is 24.3 Å². The van der Waals surface area contributed by atoms with Gasteiger partial charge in [-0.3, -0.25) is 0 Å². The van der Waals surface area contributed by atoms with Crippen LogP contribution in [0.3, 0.4) is 0 Å². The van der Waals surface area contributed by atoms with Crippen molar-refractivity contribution in [2.24, 2.45) is 0 Å². The fraction of sp³-hybridized carbons (Fsp3) is 0.381. The van der Waals surface area contributed by atoms with Gasteiger partial charge >= 0.3 is 0 Å². The number of hydrogen-bond donors (Lipinski definition) is 0. The third-order valence-corrected chi connectivity index (χ3v) is 4.98. The molecular weight excluding hydrogens is 324 g/mol. The van der Waals surface area contributed by atoms with E-state index in [9.17, 15) is 0 Å². The zero-order valence-corrected chi connectivity index (χ0v) is 15.1. The van der Waals surface area contributed by atoms with Crippen LogP contribution < -0.4 is 0 Å². The molecule has 0 spiro atoms. The molecule has 4 rings (SSSR count). The minimum atomic E-state index is 0.374. The van der Waals surface area contributed by atoms with E-state index in [0.29, 0.717) is 6.10 Å². The molecule has 1 aromatic carbocycles. The molecule has 0 bridgehead atoms. The smallest absolute Gasteiger partial charge is 0.159 e. The zero-order valence-electron chi connectivity index (χ0n) is 15.1. The predicted molar refractivity (Wildman–Crippen MR) is 102 cm³/mol. The van der Waals surface area contributed by atoms with Gasteiger partial charge in [0.15, 0.2) is 5.82 Å². The Labute approximate surface area is 154 Å². The normalized spacial score (nSPS) is 17.3. The van der Waals surface area contributed by atoms with Gasteiger partial charge in [0.1, 0.15) is 5.82 Å². The minimum Gasteiger partial charge on any atom is -0.378 e. The van der Waals surface area contributed by atoms with Gasteiger partial charge in [-0.2, -0.15) is 0 Å². The second-order valence-electron chi connectivity index (χ2n) is 6.83. The number of benzene rings is 1. The van der Waals surface area contributed by atoms with E-state index in [-0.39, 0.29) is 0 Å². The van der Waals surface area contributed by atoms with Gasteiger partial charge < -0.3 is 9.30 Å². The van der Waals surface area contributed by atoms with Crippen molar-refractivity contribution < 1.29 is 4.74 Å².